The van der Waals surface area contributed by atoms with Crippen LogP contribution >= 0.6 is 23.8 Å². The first-order valence-corrected chi connectivity index (χ1v) is 9.71. The summed E-state index contributed by atoms with van der Waals surface area (Å²) in [7, 11) is 0. The van der Waals surface area contributed by atoms with Crippen molar-refractivity contribution in [2.45, 2.75) is 13.0 Å². The number of aliphatic hydroxyl groups is 1. The molecule has 1 amide bonds. The molecule has 0 aliphatic rings. The fraction of sp³-hybridized carbons (Fsp3) is 0.250. The Labute approximate surface area is 173 Å². The Morgan fingerprint density at radius 1 is 1.14 bits per heavy atom. The number of aliphatic hydroxyl groups excluding tert-OH is 1. The van der Waals surface area contributed by atoms with Crippen molar-refractivity contribution in [1.82, 2.24) is 19.7 Å². The summed E-state index contributed by atoms with van der Waals surface area (Å²) in [6, 6.07) is 17.1. The molecule has 0 saturated heterocycles. The number of halogens is 1. The number of H-pyrrole nitrogens is 1. The summed E-state index contributed by atoms with van der Waals surface area (Å²) in [6.07, 6.45) is 0.716. The Balaban J connectivity index is 1.75. The first-order chi connectivity index (χ1) is 13.6. The van der Waals surface area contributed by atoms with Crippen molar-refractivity contribution in [3.05, 3.63) is 70.0 Å². The maximum atomic E-state index is 12.9. The second-order valence-electron chi connectivity index (χ2n) is 6.29. The lowest BCUT2D eigenvalue weighted by molar-refractivity contribution is -0.132. The van der Waals surface area contributed by atoms with Gasteiger partial charge in [0.25, 0.3) is 0 Å². The number of carbonyl (C=O) groups is 1. The molecule has 2 N–H and O–H groups in total. The molecule has 8 heteroatoms. The maximum Gasteiger partial charge on any atom is 0.242 e. The van der Waals surface area contributed by atoms with Gasteiger partial charge in [0.15, 0.2) is 10.6 Å². The van der Waals surface area contributed by atoms with Crippen LogP contribution in [0.4, 0.5) is 0 Å². The van der Waals surface area contributed by atoms with Gasteiger partial charge < -0.3 is 10.0 Å². The third-order valence-electron chi connectivity index (χ3n) is 4.39. The van der Waals surface area contributed by atoms with E-state index in [4.69, 9.17) is 23.8 Å². The van der Waals surface area contributed by atoms with E-state index < -0.39 is 0 Å². The zero-order chi connectivity index (χ0) is 19.9. The van der Waals surface area contributed by atoms with Crippen molar-refractivity contribution in [1.29, 1.82) is 0 Å². The lowest BCUT2D eigenvalue weighted by atomic mass is 10.1. The topological polar surface area (TPSA) is 74.2 Å². The highest BCUT2D eigenvalue weighted by Gasteiger charge is 2.17. The van der Waals surface area contributed by atoms with Crippen molar-refractivity contribution >= 4 is 29.7 Å². The van der Waals surface area contributed by atoms with E-state index in [-0.39, 0.29) is 25.6 Å². The first kappa shape index (κ1) is 20.3. The summed E-state index contributed by atoms with van der Waals surface area (Å²) in [5.74, 6) is 0.444. The van der Waals surface area contributed by atoms with E-state index in [1.807, 2.05) is 42.5 Å². The fourth-order valence-corrected chi connectivity index (χ4v) is 3.23. The fourth-order valence-electron chi connectivity index (χ4n) is 2.91. The van der Waals surface area contributed by atoms with Crippen molar-refractivity contribution in [2.75, 3.05) is 19.7 Å². The molecule has 2 aromatic carbocycles. The molecule has 1 aromatic heterocycles. The molecule has 0 radical (unpaired) electrons. The largest absolute Gasteiger partial charge is 0.395 e. The average Bonchev–Trinajstić information content (AvgIpc) is 3.07. The molecular formula is C20H21ClN4O2S. The van der Waals surface area contributed by atoms with E-state index in [1.165, 1.54) is 0 Å². The van der Waals surface area contributed by atoms with Gasteiger partial charge in [0, 0.05) is 23.7 Å². The van der Waals surface area contributed by atoms with E-state index in [1.54, 1.807) is 21.6 Å². The summed E-state index contributed by atoms with van der Waals surface area (Å²) in [6.45, 7) is 0.738. The van der Waals surface area contributed by atoms with E-state index in [9.17, 15) is 9.90 Å². The van der Waals surface area contributed by atoms with Gasteiger partial charge in [-0.1, -0.05) is 41.9 Å². The second kappa shape index (κ2) is 9.64. The highest BCUT2D eigenvalue weighted by Crippen LogP contribution is 2.20. The van der Waals surface area contributed by atoms with Gasteiger partial charge in [0.1, 0.15) is 6.54 Å². The molecule has 0 saturated carbocycles. The number of amides is 1. The third kappa shape index (κ3) is 5.07. The predicted octanol–water partition coefficient (Wildman–Crippen LogP) is 3.32. The quantitative estimate of drug-likeness (QED) is 0.552. The van der Waals surface area contributed by atoms with Crippen LogP contribution in [0, 0.1) is 4.77 Å². The van der Waals surface area contributed by atoms with Crippen LogP contribution in [0.1, 0.15) is 5.56 Å². The molecule has 0 atom stereocenters. The maximum absolute atomic E-state index is 12.9. The monoisotopic (exact) mass is 416 g/mol. The molecule has 0 aliphatic carbocycles. The normalized spacial score (nSPS) is 10.8. The number of benzene rings is 2. The summed E-state index contributed by atoms with van der Waals surface area (Å²) < 4.78 is 2.03. The number of hydrogen-bond donors (Lipinski definition) is 2. The molecule has 1 heterocycles. The first-order valence-electron chi connectivity index (χ1n) is 8.92. The highest BCUT2D eigenvalue weighted by atomic mass is 35.5. The molecule has 146 valence electrons. The van der Waals surface area contributed by atoms with E-state index >= 15 is 0 Å². The lowest BCUT2D eigenvalue weighted by Gasteiger charge is -2.22. The number of aromatic nitrogens is 3. The van der Waals surface area contributed by atoms with Crippen LogP contribution in [-0.4, -0.2) is 50.4 Å². The molecule has 0 fully saturated rings. The smallest absolute Gasteiger partial charge is 0.242 e. The minimum Gasteiger partial charge on any atom is -0.395 e. The summed E-state index contributed by atoms with van der Waals surface area (Å²) in [5, 5.41) is 17.0. The number of aromatic amines is 1. The van der Waals surface area contributed by atoms with Crippen LogP contribution in [-0.2, 0) is 17.8 Å². The second-order valence-corrected chi connectivity index (χ2v) is 7.11. The Kier molecular flexibility index (Phi) is 6.97. The molecule has 28 heavy (non-hydrogen) atoms. The molecule has 3 aromatic rings. The van der Waals surface area contributed by atoms with Crippen molar-refractivity contribution in [3.63, 3.8) is 0 Å². The van der Waals surface area contributed by atoms with Gasteiger partial charge in [-0.2, -0.15) is 5.10 Å². The van der Waals surface area contributed by atoms with Crippen LogP contribution in [0.3, 0.4) is 0 Å². The van der Waals surface area contributed by atoms with Crippen molar-refractivity contribution < 1.29 is 9.90 Å². The van der Waals surface area contributed by atoms with Gasteiger partial charge in [-0.25, -0.2) is 0 Å². The van der Waals surface area contributed by atoms with Crippen molar-refractivity contribution in [3.8, 4) is 11.4 Å². The average molecular weight is 417 g/mol. The van der Waals surface area contributed by atoms with Gasteiger partial charge in [0.2, 0.25) is 5.91 Å². The van der Waals surface area contributed by atoms with Gasteiger partial charge in [-0.05, 0) is 48.5 Å². The lowest BCUT2D eigenvalue weighted by Crippen LogP contribution is -2.37. The Morgan fingerprint density at radius 3 is 2.54 bits per heavy atom. The van der Waals surface area contributed by atoms with E-state index in [2.05, 4.69) is 10.2 Å². The summed E-state index contributed by atoms with van der Waals surface area (Å²) >= 11 is 11.3. The van der Waals surface area contributed by atoms with Crippen LogP contribution < -0.4 is 0 Å². The molecule has 0 spiro atoms. The predicted molar refractivity (Wildman–Crippen MR) is 112 cm³/mol. The molecule has 3 rings (SSSR count). The number of carbonyl (C=O) groups excluding carboxylic acids is 1. The zero-order valence-electron chi connectivity index (χ0n) is 15.2. The van der Waals surface area contributed by atoms with Gasteiger partial charge in [-0.15, -0.1) is 0 Å². The molecule has 0 aliphatic heterocycles. The van der Waals surface area contributed by atoms with Crippen LogP contribution in [0.15, 0.2) is 54.6 Å². The van der Waals surface area contributed by atoms with Gasteiger partial charge in [0.05, 0.1) is 6.61 Å². The number of hydrogen-bond acceptors (Lipinski definition) is 4. The molecule has 0 bridgehead atoms. The van der Waals surface area contributed by atoms with E-state index in [0.29, 0.717) is 28.6 Å². The Bertz CT molecular complexity index is 970. The van der Waals surface area contributed by atoms with Crippen LogP contribution in [0.5, 0.6) is 0 Å². The molecular weight excluding hydrogens is 396 g/mol. The van der Waals surface area contributed by atoms with Crippen molar-refractivity contribution in [2.24, 2.45) is 0 Å². The molecule has 0 unspecified atom stereocenters. The minimum absolute atomic E-state index is 0.0437. The molecule has 6 nitrogen and oxygen atoms in total. The van der Waals surface area contributed by atoms with Crippen LogP contribution in [0.2, 0.25) is 5.02 Å². The van der Waals surface area contributed by atoms with Gasteiger partial charge in [-0.3, -0.25) is 14.5 Å². The standard InChI is InChI=1S/C20H21ClN4O2S/c21-17-8-6-16(7-9-17)19-22-23-20(28)25(19)14-18(27)24(12-13-26)11-10-15-4-2-1-3-5-15/h1-9,26H,10-14H2,(H,23,28). The van der Waals surface area contributed by atoms with Gasteiger partial charge >= 0.3 is 0 Å². The number of rotatable bonds is 8. The zero-order valence-corrected chi connectivity index (χ0v) is 16.8. The Hall–Kier alpha value is -2.48. The minimum atomic E-state index is -0.127. The van der Waals surface area contributed by atoms with Crippen LogP contribution in [0.25, 0.3) is 11.4 Å². The summed E-state index contributed by atoms with van der Waals surface area (Å²) in [4.78, 5) is 14.5. The Morgan fingerprint density at radius 2 is 1.86 bits per heavy atom. The highest BCUT2D eigenvalue weighted by molar-refractivity contribution is 7.71. The number of nitrogens with zero attached hydrogens (tertiary/aromatic N) is 3. The van der Waals surface area contributed by atoms with E-state index in [0.717, 1.165) is 11.1 Å². The third-order valence-corrected chi connectivity index (χ3v) is 4.95. The number of nitrogens with one attached hydrogen (secondary N) is 1. The SMILES string of the molecule is O=C(Cn1c(-c2ccc(Cl)cc2)n[nH]c1=S)N(CCO)CCc1ccccc1. The summed E-state index contributed by atoms with van der Waals surface area (Å²) in [5.41, 5.74) is 1.95.